The zero-order valence-electron chi connectivity index (χ0n) is 17.3. The summed E-state index contributed by atoms with van der Waals surface area (Å²) in [4.78, 5) is 23.4. The van der Waals surface area contributed by atoms with Crippen LogP contribution in [0.1, 0.15) is 22.5 Å². The molecular formula is C19H24F3N5O5. The number of carboxylic acid groups (broad SMARTS) is 1. The molecule has 3 atom stereocenters. The molecule has 10 nitrogen and oxygen atoms in total. The third-order valence-corrected chi connectivity index (χ3v) is 5.43. The molecule has 0 unspecified atom stereocenters. The Labute approximate surface area is 181 Å². The fourth-order valence-corrected chi connectivity index (χ4v) is 3.88. The zero-order chi connectivity index (χ0) is 23.3. The molecule has 176 valence electrons. The van der Waals surface area contributed by atoms with Gasteiger partial charge in [0.2, 0.25) is 5.76 Å². The Morgan fingerprint density at radius 1 is 1.38 bits per heavy atom. The van der Waals surface area contributed by atoms with Crippen LogP contribution in [0.5, 0.6) is 0 Å². The van der Waals surface area contributed by atoms with E-state index in [-0.39, 0.29) is 17.8 Å². The number of fused-ring (bicyclic) bond motifs is 1. The summed E-state index contributed by atoms with van der Waals surface area (Å²) >= 11 is 0. The molecule has 2 aromatic heterocycles. The van der Waals surface area contributed by atoms with E-state index < -0.39 is 12.1 Å². The Morgan fingerprint density at radius 3 is 2.72 bits per heavy atom. The van der Waals surface area contributed by atoms with Crippen LogP contribution >= 0.6 is 0 Å². The van der Waals surface area contributed by atoms with Crippen molar-refractivity contribution in [2.45, 2.75) is 25.2 Å². The van der Waals surface area contributed by atoms with Crippen LogP contribution in [0, 0.1) is 11.8 Å². The maximum atomic E-state index is 12.0. The summed E-state index contributed by atoms with van der Waals surface area (Å²) in [5, 5.41) is 17.8. The maximum absolute atomic E-state index is 12.0. The van der Waals surface area contributed by atoms with Crippen LogP contribution in [0.2, 0.25) is 0 Å². The lowest BCUT2D eigenvalue weighted by atomic mass is 9.84. The summed E-state index contributed by atoms with van der Waals surface area (Å²) in [5.74, 6) is -1.74. The van der Waals surface area contributed by atoms with Gasteiger partial charge < -0.3 is 19.7 Å². The quantitative estimate of drug-likeness (QED) is 0.686. The SMILES string of the molecule is Cn1cc(CN2CC[C@H]3CO[C@H](CNC(=O)c4ccno4)[C@H]3C2)cn1.O=C(O)C(F)(F)F. The summed E-state index contributed by atoms with van der Waals surface area (Å²) < 4.78 is 44.4. The minimum Gasteiger partial charge on any atom is -0.475 e. The van der Waals surface area contributed by atoms with Gasteiger partial charge in [-0.25, -0.2) is 4.79 Å². The molecule has 13 heteroatoms. The van der Waals surface area contributed by atoms with Crippen LogP contribution < -0.4 is 5.32 Å². The number of aromatic nitrogens is 3. The van der Waals surface area contributed by atoms with E-state index in [1.807, 2.05) is 17.9 Å². The number of ether oxygens (including phenoxy) is 1. The molecule has 1 amide bonds. The number of carbonyl (C=O) groups is 2. The van der Waals surface area contributed by atoms with Gasteiger partial charge in [-0.15, -0.1) is 0 Å². The molecule has 32 heavy (non-hydrogen) atoms. The van der Waals surface area contributed by atoms with Crippen LogP contribution in [0.25, 0.3) is 0 Å². The highest BCUT2D eigenvalue weighted by Gasteiger charge is 2.41. The summed E-state index contributed by atoms with van der Waals surface area (Å²) in [6.07, 6.45) is 1.55. The number of carbonyl (C=O) groups excluding carboxylic acids is 1. The van der Waals surface area contributed by atoms with Crippen molar-refractivity contribution < 1.29 is 37.1 Å². The van der Waals surface area contributed by atoms with E-state index in [0.717, 1.165) is 32.7 Å². The van der Waals surface area contributed by atoms with Gasteiger partial charge in [-0.2, -0.15) is 18.3 Å². The van der Waals surface area contributed by atoms with E-state index in [1.54, 1.807) is 6.07 Å². The summed E-state index contributed by atoms with van der Waals surface area (Å²) in [7, 11) is 1.94. The highest BCUT2D eigenvalue weighted by molar-refractivity contribution is 5.91. The Morgan fingerprint density at radius 2 is 2.12 bits per heavy atom. The minimum atomic E-state index is -5.08. The maximum Gasteiger partial charge on any atom is 0.490 e. The van der Waals surface area contributed by atoms with Crippen molar-refractivity contribution in [1.29, 1.82) is 0 Å². The number of carboxylic acids is 1. The predicted octanol–water partition coefficient (Wildman–Crippen LogP) is 1.31. The fourth-order valence-electron chi connectivity index (χ4n) is 3.88. The van der Waals surface area contributed by atoms with E-state index in [0.29, 0.717) is 18.4 Å². The van der Waals surface area contributed by atoms with Crippen molar-refractivity contribution in [3.8, 4) is 0 Å². The van der Waals surface area contributed by atoms with Crippen LogP contribution in [0.15, 0.2) is 29.2 Å². The van der Waals surface area contributed by atoms with E-state index in [9.17, 15) is 18.0 Å². The van der Waals surface area contributed by atoms with Gasteiger partial charge in [0.1, 0.15) is 0 Å². The number of amides is 1. The lowest BCUT2D eigenvalue weighted by Gasteiger charge is -2.35. The monoisotopic (exact) mass is 459 g/mol. The molecule has 0 aliphatic carbocycles. The predicted molar refractivity (Wildman–Crippen MR) is 102 cm³/mol. The summed E-state index contributed by atoms with van der Waals surface area (Å²) in [5.41, 5.74) is 1.23. The van der Waals surface area contributed by atoms with Gasteiger partial charge >= 0.3 is 12.1 Å². The second-order valence-electron chi connectivity index (χ2n) is 7.73. The highest BCUT2D eigenvalue weighted by atomic mass is 19.4. The largest absolute Gasteiger partial charge is 0.490 e. The number of piperidine rings is 1. The molecule has 2 aliphatic rings. The molecule has 4 rings (SSSR count). The second kappa shape index (κ2) is 10.1. The first-order chi connectivity index (χ1) is 15.1. The number of nitrogens with one attached hydrogen (secondary N) is 1. The van der Waals surface area contributed by atoms with E-state index >= 15 is 0 Å². The van der Waals surface area contributed by atoms with Gasteiger partial charge in [0.15, 0.2) is 0 Å². The minimum absolute atomic E-state index is 0.0496. The topological polar surface area (TPSA) is 123 Å². The van der Waals surface area contributed by atoms with Crippen molar-refractivity contribution in [2.75, 3.05) is 26.2 Å². The molecule has 0 radical (unpaired) electrons. The van der Waals surface area contributed by atoms with Gasteiger partial charge in [-0.3, -0.25) is 14.4 Å². The Bertz CT molecular complexity index is 902. The molecule has 0 bridgehead atoms. The van der Waals surface area contributed by atoms with Gasteiger partial charge in [-0.05, 0) is 18.9 Å². The highest BCUT2D eigenvalue weighted by Crippen LogP contribution is 2.34. The normalized spacial score (nSPS) is 23.2. The Balaban J connectivity index is 0.000000360. The molecule has 0 saturated carbocycles. The molecule has 2 N–H and O–H groups in total. The van der Waals surface area contributed by atoms with Gasteiger partial charge in [0, 0.05) is 50.4 Å². The number of rotatable bonds is 5. The first-order valence-electron chi connectivity index (χ1n) is 9.94. The third-order valence-electron chi connectivity index (χ3n) is 5.43. The molecule has 0 aromatic carbocycles. The number of nitrogens with zero attached hydrogens (tertiary/aromatic N) is 4. The molecule has 2 aliphatic heterocycles. The van der Waals surface area contributed by atoms with Crippen LogP contribution in [0.3, 0.4) is 0 Å². The van der Waals surface area contributed by atoms with Crippen molar-refractivity contribution in [3.05, 3.63) is 36.0 Å². The average Bonchev–Trinajstić information content (AvgIpc) is 3.47. The third kappa shape index (κ3) is 6.29. The molecule has 2 fully saturated rings. The first-order valence-corrected chi connectivity index (χ1v) is 9.94. The number of alkyl halides is 3. The van der Waals surface area contributed by atoms with Crippen molar-refractivity contribution in [2.24, 2.45) is 18.9 Å². The molecule has 0 spiro atoms. The van der Waals surface area contributed by atoms with E-state index in [2.05, 4.69) is 26.7 Å². The fraction of sp³-hybridized carbons (Fsp3) is 0.579. The second-order valence-corrected chi connectivity index (χ2v) is 7.73. The number of aliphatic carboxylic acids is 1. The van der Waals surface area contributed by atoms with Gasteiger partial charge in [0.25, 0.3) is 5.91 Å². The molecular weight excluding hydrogens is 435 g/mol. The number of halogens is 3. The Kier molecular flexibility index (Phi) is 7.51. The van der Waals surface area contributed by atoms with Crippen molar-refractivity contribution in [3.63, 3.8) is 0 Å². The molecule has 2 saturated heterocycles. The van der Waals surface area contributed by atoms with Crippen molar-refractivity contribution in [1.82, 2.24) is 25.2 Å². The number of hydrogen-bond acceptors (Lipinski definition) is 7. The first kappa shape index (κ1) is 23.7. The number of hydrogen-bond donors (Lipinski definition) is 2. The molecule has 2 aromatic rings. The summed E-state index contributed by atoms with van der Waals surface area (Å²) in [6, 6.07) is 1.56. The molecule has 4 heterocycles. The van der Waals surface area contributed by atoms with E-state index in [4.69, 9.17) is 19.2 Å². The standard InChI is InChI=1S/C17H23N5O3.C2HF3O2/c1-21-8-12(6-19-21)9-22-5-3-13-11-24-16(14(13)10-22)7-18-17(23)15-2-4-20-25-15;3-2(4,5)1(6)7/h2,4,6,8,13-14,16H,3,5,7,9-11H2,1H3,(H,18,23);(H,6,7)/t13-,14-,16+;/m0./s1. The van der Waals surface area contributed by atoms with Gasteiger partial charge in [0.05, 0.1) is 25.1 Å². The van der Waals surface area contributed by atoms with Crippen LogP contribution in [-0.2, 0) is 23.1 Å². The number of aryl methyl sites for hydroxylation is 1. The lowest BCUT2D eigenvalue weighted by Crippen LogP contribution is -2.45. The van der Waals surface area contributed by atoms with Crippen LogP contribution in [0.4, 0.5) is 13.2 Å². The average molecular weight is 459 g/mol. The lowest BCUT2D eigenvalue weighted by molar-refractivity contribution is -0.192. The summed E-state index contributed by atoms with van der Waals surface area (Å²) in [6.45, 7) is 4.27. The van der Waals surface area contributed by atoms with Crippen LogP contribution in [-0.4, -0.2) is 75.3 Å². The zero-order valence-corrected chi connectivity index (χ0v) is 17.3. The van der Waals surface area contributed by atoms with Crippen molar-refractivity contribution >= 4 is 11.9 Å². The smallest absolute Gasteiger partial charge is 0.475 e. The number of likely N-dealkylation sites (tertiary alicyclic amines) is 1. The Hall–Kier alpha value is -2.93. The van der Waals surface area contributed by atoms with E-state index in [1.165, 1.54) is 11.8 Å². The van der Waals surface area contributed by atoms with Gasteiger partial charge in [-0.1, -0.05) is 5.16 Å².